The molecular formula is C27H44O3. The van der Waals surface area contributed by atoms with Crippen LogP contribution in [-0.2, 0) is 0 Å². The fraction of sp³-hybridized carbons (Fsp3) is 0.778. The van der Waals surface area contributed by atoms with Crippen LogP contribution in [0.3, 0.4) is 0 Å². The lowest BCUT2D eigenvalue weighted by molar-refractivity contribution is 0.0436. The predicted molar refractivity (Wildman–Crippen MR) is 124 cm³/mol. The first kappa shape index (κ1) is 23.8. The molecule has 3 heteroatoms. The van der Waals surface area contributed by atoms with E-state index in [0.717, 1.165) is 0 Å². The van der Waals surface area contributed by atoms with E-state index in [9.17, 15) is 15.3 Å². The SMILES string of the molecule is C[C@H](/C=C\[C@H](C)C(C)(C)O)[C@H]1CC[C@H]2C(=CC=C3C[C@@H](O)C[C@H](O)C3)CCC[C@]12C. The maximum absolute atomic E-state index is 10.2. The van der Waals surface area contributed by atoms with Crippen molar-refractivity contribution < 1.29 is 15.3 Å². The Morgan fingerprint density at radius 1 is 1.03 bits per heavy atom. The van der Waals surface area contributed by atoms with Gasteiger partial charge in [0, 0.05) is 5.92 Å². The molecule has 0 aromatic heterocycles. The van der Waals surface area contributed by atoms with Gasteiger partial charge in [-0.1, -0.05) is 56.2 Å². The third kappa shape index (κ3) is 5.29. The van der Waals surface area contributed by atoms with Crippen molar-refractivity contribution in [3.05, 3.63) is 35.5 Å². The van der Waals surface area contributed by atoms with E-state index >= 15 is 0 Å². The van der Waals surface area contributed by atoms with Gasteiger partial charge in [0.15, 0.2) is 0 Å². The Balaban J connectivity index is 1.73. The molecule has 0 saturated heterocycles. The van der Waals surface area contributed by atoms with Crippen LogP contribution in [0.4, 0.5) is 0 Å². The summed E-state index contributed by atoms with van der Waals surface area (Å²) in [6, 6.07) is 0. The van der Waals surface area contributed by atoms with E-state index < -0.39 is 17.8 Å². The molecule has 3 fully saturated rings. The summed E-state index contributed by atoms with van der Waals surface area (Å²) in [5, 5.41) is 30.2. The molecule has 3 N–H and O–H groups in total. The highest BCUT2D eigenvalue weighted by Gasteiger charge is 2.50. The van der Waals surface area contributed by atoms with E-state index in [4.69, 9.17) is 0 Å². The van der Waals surface area contributed by atoms with Crippen LogP contribution in [0.2, 0.25) is 0 Å². The average Bonchev–Trinajstić information content (AvgIpc) is 3.00. The number of fused-ring (bicyclic) bond motifs is 1. The van der Waals surface area contributed by atoms with Gasteiger partial charge in [-0.25, -0.2) is 0 Å². The normalized spacial score (nSPS) is 38.7. The molecule has 7 atom stereocenters. The number of allylic oxidation sites excluding steroid dienone is 4. The van der Waals surface area contributed by atoms with Crippen molar-refractivity contribution >= 4 is 0 Å². The topological polar surface area (TPSA) is 60.7 Å². The first-order valence-corrected chi connectivity index (χ1v) is 12.2. The number of aliphatic hydroxyl groups excluding tert-OH is 2. The minimum atomic E-state index is -0.674. The van der Waals surface area contributed by atoms with Crippen LogP contribution in [0.15, 0.2) is 35.5 Å². The number of hydrogen-bond donors (Lipinski definition) is 3. The van der Waals surface area contributed by atoms with Crippen molar-refractivity contribution in [2.45, 2.75) is 104 Å². The number of hydrogen-bond acceptors (Lipinski definition) is 3. The lowest BCUT2D eigenvalue weighted by atomic mass is 9.61. The first-order valence-electron chi connectivity index (χ1n) is 12.2. The maximum Gasteiger partial charge on any atom is 0.0651 e. The summed E-state index contributed by atoms with van der Waals surface area (Å²) >= 11 is 0. The third-order valence-corrected chi connectivity index (χ3v) is 8.56. The molecule has 3 saturated carbocycles. The smallest absolute Gasteiger partial charge is 0.0651 e. The zero-order valence-corrected chi connectivity index (χ0v) is 19.8. The highest BCUT2D eigenvalue weighted by Crippen LogP contribution is 2.59. The van der Waals surface area contributed by atoms with Crippen molar-refractivity contribution in [3.63, 3.8) is 0 Å². The summed E-state index contributed by atoms with van der Waals surface area (Å²) in [5.41, 5.74) is 2.43. The maximum atomic E-state index is 10.2. The van der Waals surface area contributed by atoms with E-state index in [0.29, 0.717) is 42.4 Å². The standard InChI is InChI=1S/C27H44O3/c1-18(8-9-19(2)26(3,4)30)24-12-13-25-21(7-6-14-27(24,25)5)11-10-20-15-22(28)17-23(29)16-20/h8-11,18-19,22-25,28-30H,6-7,12-17H2,1-5H3/b9-8-,21-11?/t18-,19+,22-,23-,24-,25+,27-/m1/s1. The molecule has 3 aliphatic carbocycles. The fourth-order valence-corrected chi connectivity index (χ4v) is 6.39. The molecule has 0 aliphatic heterocycles. The number of aliphatic hydroxyl groups is 3. The second-order valence-electron chi connectivity index (χ2n) is 11.3. The van der Waals surface area contributed by atoms with E-state index in [-0.39, 0.29) is 5.92 Å². The second kappa shape index (κ2) is 9.30. The van der Waals surface area contributed by atoms with Gasteiger partial charge in [-0.2, -0.15) is 0 Å². The van der Waals surface area contributed by atoms with Gasteiger partial charge in [0.2, 0.25) is 0 Å². The summed E-state index contributed by atoms with van der Waals surface area (Å²) in [5.74, 6) is 2.00. The molecule has 30 heavy (non-hydrogen) atoms. The van der Waals surface area contributed by atoms with Crippen LogP contribution in [-0.4, -0.2) is 33.1 Å². The summed E-state index contributed by atoms with van der Waals surface area (Å²) in [6.07, 6.45) is 16.5. The highest BCUT2D eigenvalue weighted by molar-refractivity contribution is 5.26. The minimum absolute atomic E-state index is 0.152. The largest absolute Gasteiger partial charge is 0.393 e. The van der Waals surface area contributed by atoms with Crippen molar-refractivity contribution in [2.24, 2.45) is 29.1 Å². The van der Waals surface area contributed by atoms with Gasteiger partial charge in [0.05, 0.1) is 17.8 Å². The van der Waals surface area contributed by atoms with Crippen molar-refractivity contribution in [3.8, 4) is 0 Å². The quantitative estimate of drug-likeness (QED) is 0.514. The average molecular weight is 417 g/mol. The van der Waals surface area contributed by atoms with Crippen LogP contribution in [0.25, 0.3) is 0 Å². The molecule has 3 rings (SSSR count). The fourth-order valence-electron chi connectivity index (χ4n) is 6.39. The Labute approximate surface area is 184 Å². The van der Waals surface area contributed by atoms with Gasteiger partial charge in [0.1, 0.15) is 0 Å². The molecule has 0 radical (unpaired) electrons. The van der Waals surface area contributed by atoms with Crippen LogP contribution in [0, 0.1) is 29.1 Å². The Morgan fingerprint density at radius 3 is 2.33 bits per heavy atom. The van der Waals surface area contributed by atoms with Crippen molar-refractivity contribution in [1.82, 2.24) is 0 Å². The Morgan fingerprint density at radius 2 is 1.70 bits per heavy atom. The van der Waals surface area contributed by atoms with Crippen LogP contribution < -0.4 is 0 Å². The van der Waals surface area contributed by atoms with E-state index in [1.54, 1.807) is 5.57 Å². The van der Waals surface area contributed by atoms with E-state index in [2.05, 4.69) is 45.1 Å². The van der Waals surface area contributed by atoms with Crippen LogP contribution >= 0.6 is 0 Å². The molecule has 3 nitrogen and oxygen atoms in total. The molecule has 0 spiro atoms. The van der Waals surface area contributed by atoms with Gasteiger partial charge in [-0.3, -0.25) is 0 Å². The van der Waals surface area contributed by atoms with Gasteiger partial charge in [-0.05, 0) is 88.4 Å². The van der Waals surface area contributed by atoms with E-state index in [1.807, 2.05) is 13.8 Å². The van der Waals surface area contributed by atoms with Gasteiger partial charge < -0.3 is 15.3 Å². The summed E-state index contributed by atoms with van der Waals surface area (Å²) in [4.78, 5) is 0. The molecule has 0 bridgehead atoms. The Bertz CT molecular complexity index is 671. The monoisotopic (exact) mass is 416 g/mol. The predicted octanol–water partition coefficient (Wildman–Crippen LogP) is 5.56. The summed E-state index contributed by atoms with van der Waals surface area (Å²) in [7, 11) is 0. The lowest BCUT2D eigenvalue weighted by Gasteiger charge is -2.44. The van der Waals surface area contributed by atoms with Gasteiger partial charge in [0.25, 0.3) is 0 Å². The Kier molecular flexibility index (Phi) is 7.37. The zero-order chi connectivity index (χ0) is 22.1. The van der Waals surface area contributed by atoms with Crippen LogP contribution in [0.5, 0.6) is 0 Å². The van der Waals surface area contributed by atoms with Crippen LogP contribution in [0.1, 0.15) is 86.0 Å². The molecule has 3 aliphatic rings. The number of rotatable bonds is 5. The second-order valence-corrected chi connectivity index (χ2v) is 11.3. The molecule has 170 valence electrons. The van der Waals surface area contributed by atoms with Gasteiger partial charge in [-0.15, -0.1) is 0 Å². The third-order valence-electron chi connectivity index (χ3n) is 8.56. The van der Waals surface area contributed by atoms with E-state index in [1.165, 1.54) is 37.7 Å². The summed E-state index contributed by atoms with van der Waals surface area (Å²) in [6.45, 7) is 10.7. The molecule has 0 aromatic carbocycles. The molecular weight excluding hydrogens is 372 g/mol. The van der Waals surface area contributed by atoms with Crippen molar-refractivity contribution in [1.29, 1.82) is 0 Å². The molecule has 0 aromatic rings. The van der Waals surface area contributed by atoms with Gasteiger partial charge >= 0.3 is 0 Å². The summed E-state index contributed by atoms with van der Waals surface area (Å²) < 4.78 is 0. The lowest BCUT2D eigenvalue weighted by Crippen LogP contribution is -2.35. The molecule has 0 heterocycles. The first-order chi connectivity index (χ1) is 14.0. The Hall–Kier alpha value is -0.900. The molecule has 0 amide bonds. The molecule has 0 unspecified atom stereocenters. The highest BCUT2D eigenvalue weighted by atomic mass is 16.3. The minimum Gasteiger partial charge on any atom is -0.393 e. The van der Waals surface area contributed by atoms with Crippen molar-refractivity contribution in [2.75, 3.05) is 0 Å². The zero-order valence-electron chi connectivity index (χ0n) is 19.8.